The van der Waals surface area contributed by atoms with Gasteiger partial charge in [0.05, 0.1) is 19.8 Å². The standard InChI is InChI=1S/C8H12.C4H11NO2.C3H6O2.CH4O.H2/c1-8(2,3)7-5-4-6-7;5-1-3-7-4-2-6;1-2-3(4)5;1-2;/h4-6H,1-3H3;6H,1-5H2;2H2,1H3,(H,4,5);2H,1H3;1H. The van der Waals surface area contributed by atoms with E-state index in [9.17, 15) is 4.79 Å². The van der Waals surface area contributed by atoms with Gasteiger partial charge in [0.15, 0.2) is 0 Å². The maximum absolute atomic E-state index is 9.37. The number of hydrogen-bond acceptors (Lipinski definition) is 5. The molecule has 134 valence electrons. The zero-order valence-corrected chi connectivity index (χ0v) is 14.5. The van der Waals surface area contributed by atoms with Crippen LogP contribution in [0.2, 0.25) is 0 Å². The van der Waals surface area contributed by atoms with Crippen LogP contribution in [0, 0.1) is 5.41 Å². The van der Waals surface area contributed by atoms with Crippen LogP contribution in [-0.4, -0.2) is 54.8 Å². The van der Waals surface area contributed by atoms with Gasteiger partial charge in [-0.2, -0.15) is 0 Å². The number of aliphatic hydroxyl groups excluding tert-OH is 2. The Morgan fingerprint density at radius 2 is 1.77 bits per heavy atom. The largest absolute Gasteiger partial charge is 0.481 e. The molecule has 0 aromatic rings. The van der Waals surface area contributed by atoms with Crippen LogP contribution in [0.3, 0.4) is 0 Å². The van der Waals surface area contributed by atoms with E-state index in [1.807, 2.05) is 0 Å². The zero-order valence-electron chi connectivity index (χ0n) is 14.5. The van der Waals surface area contributed by atoms with E-state index < -0.39 is 5.97 Å². The summed E-state index contributed by atoms with van der Waals surface area (Å²) in [5.41, 5.74) is 6.89. The van der Waals surface area contributed by atoms with Gasteiger partial charge in [-0.05, 0) is 11.0 Å². The predicted octanol–water partition coefficient (Wildman–Crippen LogP) is 1.82. The van der Waals surface area contributed by atoms with Crippen LogP contribution in [-0.2, 0) is 9.53 Å². The lowest BCUT2D eigenvalue weighted by atomic mass is 9.82. The predicted molar refractivity (Wildman–Crippen MR) is 91.8 cm³/mol. The first-order valence-corrected chi connectivity index (χ1v) is 7.23. The normalized spacial score (nSPS) is 11.4. The van der Waals surface area contributed by atoms with Crippen molar-refractivity contribution in [3.05, 3.63) is 23.8 Å². The number of aliphatic hydroxyl groups is 2. The molecule has 1 aliphatic rings. The number of allylic oxidation sites excluding steroid dienone is 4. The van der Waals surface area contributed by atoms with Gasteiger partial charge in [-0.15, -0.1) is 0 Å². The summed E-state index contributed by atoms with van der Waals surface area (Å²) in [5, 5.41) is 22.8. The molecule has 6 nitrogen and oxygen atoms in total. The van der Waals surface area contributed by atoms with Gasteiger partial charge in [0, 0.05) is 21.5 Å². The van der Waals surface area contributed by atoms with E-state index in [-0.39, 0.29) is 14.5 Å². The van der Waals surface area contributed by atoms with E-state index in [1.54, 1.807) is 6.92 Å². The van der Waals surface area contributed by atoms with E-state index in [1.165, 1.54) is 5.57 Å². The topological polar surface area (TPSA) is 113 Å². The van der Waals surface area contributed by atoms with Gasteiger partial charge in [0.2, 0.25) is 0 Å². The number of carboxylic acids is 1. The van der Waals surface area contributed by atoms with Gasteiger partial charge < -0.3 is 25.8 Å². The quantitative estimate of drug-likeness (QED) is 0.574. The summed E-state index contributed by atoms with van der Waals surface area (Å²) in [5.74, 6) is -0.745. The molecule has 0 fully saturated rings. The first kappa shape index (κ1) is 25.7. The molecule has 0 aromatic carbocycles. The van der Waals surface area contributed by atoms with Gasteiger partial charge in [-0.25, -0.2) is 0 Å². The van der Waals surface area contributed by atoms with Gasteiger partial charge in [-0.1, -0.05) is 45.9 Å². The van der Waals surface area contributed by atoms with Gasteiger partial charge in [-0.3, -0.25) is 4.79 Å². The molecule has 0 spiro atoms. The molecule has 1 aliphatic carbocycles. The smallest absolute Gasteiger partial charge is 0.303 e. The molecular weight excluding hydrogens is 286 g/mol. The van der Waals surface area contributed by atoms with Crippen LogP contribution in [0.4, 0.5) is 0 Å². The highest BCUT2D eigenvalue weighted by molar-refractivity contribution is 5.66. The number of ether oxygens (including phenoxy) is 1. The van der Waals surface area contributed by atoms with Crippen LogP contribution in [0.15, 0.2) is 23.8 Å². The van der Waals surface area contributed by atoms with Crippen molar-refractivity contribution in [3.8, 4) is 0 Å². The Labute approximate surface area is 135 Å². The van der Waals surface area contributed by atoms with Crippen molar-refractivity contribution in [2.24, 2.45) is 11.1 Å². The summed E-state index contributed by atoms with van der Waals surface area (Å²) in [4.78, 5) is 9.37. The molecule has 0 atom stereocenters. The van der Waals surface area contributed by atoms with E-state index in [2.05, 4.69) is 39.0 Å². The number of aliphatic carboxylic acids is 1. The average Bonchev–Trinajstić information content (AvgIpc) is 2.39. The van der Waals surface area contributed by atoms with E-state index >= 15 is 0 Å². The molecule has 22 heavy (non-hydrogen) atoms. The summed E-state index contributed by atoms with van der Waals surface area (Å²) in [6.07, 6.45) is 6.64. The highest BCUT2D eigenvalue weighted by atomic mass is 16.5. The maximum Gasteiger partial charge on any atom is 0.303 e. The number of carbonyl (C=O) groups is 1. The van der Waals surface area contributed by atoms with Crippen molar-refractivity contribution in [2.45, 2.75) is 34.1 Å². The fraction of sp³-hybridized carbons (Fsp3) is 0.688. The zero-order chi connectivity index (χ0) is 18.0. The molecule has 0 saturated heterocycles. The molecule has 0 bridgehead atoms. The third-order valence-electron chi connectivity index (χ3n) is 2.22. The minimum atomic E-state index is -0.745. The fourth-order valence-electron chi connectivity index (χ4n) is 0.942. The number of rotatable bonds is 5. The second-order valence-electron chi connectivity index (χ2n) is 5.10. The fourth-order valence-corrected chi connectivity index (χ4v) is 0.942. The van der Waals surface area contributed by atoms with Crippen molar-refractivity contribution in [1.82, 2.24) is 0 Å². The van der Waals surface area contributed by atoms with Crippen LogP contribution in [0.1, 0.15) is 35.5 Å². The molecule has 0 aliphatic heterocycles. The number of nitrogens with two attached hydrogens (primary N) is 1. The highest BCUT2D eigenvalue weighted by Crippen LogP contribution is 2.29. The Morgan fingerprint density at radius 1 is 1.32 bits per heavy atom. The average molecular weight is 321 g/mol. The summed E-state index contributed by atoms with van der Waals surface area (Å²) < 4.78 is 4.76. The third kappa shape index (κ3) is 21.1. The summed E-state index contributed by atoms with van der Waals surface area (Å²) in [6, 6.07) is 0. The van der Waals surface area contributed by atoms with E-state index in [0.29, 0.717) is 25.2 Å². The van der Waals surface area contributed by atoms with Crippen molar-refractivity contribution >= 4 is 5.97 Å². The molecular formula is C16H35NO5. The minimum Gasteiger partial charge on any atom is -0.481 e. The van der Waals surface area contributed by atoms with Gasteiger partial charge in [0.1, 0.15) is 0 Å². The second kappa shape index (κ2) is 17.8. The van der Waals surface area contributed by atoms with Crippen molar-refractivity contribution in [2.75, 3.05) is 33.5 Å². The molecule has 6 heteroatoms. The molecule has 0 aromatic heterocycles. The van der Waals surface area contributed by atoms with Crippen LogP contribution >= 0.6 is 0 Å². The van der Waals surface area contributed by atoms with Crippen molar-refractivity contribution in [3.63, 3.8) is 0 Å². The Balaban J connectivity index is -0.000000112. The third-order valence-corrected chi connectivity index (χ3v) is 2.22. The Hall–Kier alpha value is -1.21. The van der Waals surface area contributed by atoms with Gasteiger partial charge in [0.25, 0.3) is 0 Å². The molecule has 0 amide bonds. The lowest BCUT2D eigenvalue weighted by Crippen LogP contribution is -2.10. The molecule has 1 rings (SSSR count). The molecule has 0 saturated carbocycles. The van der Waals surface area contributed by atoms with Crippen molar-refractivity contribution < 1.29 is 26.3 Å². The first-order valence-electron chi connectivity index (χ1n) is 7.23. The van der Waals surface area contributed by atoms with E-state index in [0.717, 1.165) is 7.11 Å². The van der Waals surface area contributed by atoms with Crippen LogP contribution < -0.4 is 5.73 Å². The number of hydrogen-bond donors (Lipinski definition) is 4. The van der Waals surface area contributed by atoms with Crippen LogP contribution in [0.5, 0.6) is 0 Å². The summed E-state index contributed by atoms with van der Waals surface area (Å²) in [7, 11) is 1.00. The highest BCUT2D eigenvalue weighted by Gasteiger charge is 2.15. The monoisotopic (exact) mass is 321 g/mol. The molecule has 0 unspecified atom stereocenters. The summed E-state index contributed by atoms with van der Waals surface area (Å²) >= 11 is 0. The first-order chi connectivity index (χ1) is 10.3. The minimum absolute atomic E-state index is 0. The molecule has 0 heterocycles. The molecule has 5 N–H and O–H groups in total. The van der Waals surface area contributed by atoms with Crippen molar-refractivity contribution in [1.29, 1.82) is 0 Å². The van der Waals surface area contributed by atoms with Crippen LogP contribution in [0.25, 0.3) is 0 Å². The second-order valence-corrected chi connectivity index (χ2v) is 5.10. The Bertz CT molecular complexity index is 308. The van der Waals surface area contributed by atoms with E-state index in [4.69, 9.17) is 25.8 Å². The lowest BCUT2D eigenvalue weighted by Gasteiger charge is -2.23. The van der Waals surface area contributed by atoms with Gasteiger partial charge >= 0.3 is 5.97 Å². The SMILES string of the molecule is CC(C)(C)C1=CC=C1.CCC(=O)O.CO.NCCOCCO.[HH]. The maximum atomic E-state index is 9.37. The molecule has 0 radical (unpaired) electrons. The number of carboxylic acid groups (broad SMARTS) is 1. The summed E-state index contributed by atoms with van der Waals surface area (Å²) in [6.45, 7) is 9.83. The lowest BCUT2D eigenvalue weighted by molar-refractivity contribution is -0.136. The Kier molecular flexibility index (Phi) is 20.9. The Morgan fingerprint density at radius 3 is 1.91 bits per heavy atom.